The molecule has 2 aromatic carbocycles. The highest BCUT2D eigenvalue weighted by Gasteiger charge is 2.21. The smallest absolute Gasteiger partial charge is 0.314 e. The van der Waals surface area contributed by atoms with Gasteiger partial charge < -0.3 is 24.3 Å². The predicted molar refractivity (Wildman–Crippen MR) is 96.3 cm³/mol. The highest BCUT2D eigenvalue weighted by Crippen LogP contribution is 2.37. The first-order valence-electron chi connectivity index (χ1n) is 8.08. The van der Waals surface area contributed by atoms with Crippen LogP contribution in [0.4, 0.5) is 11.4 Å². The number of nitrogens with zero attached hydrogens (tertiary/aromatic N) is 1. The summed E-state index contributed by atoms with van der Waals surface area (Å²) in [6.45, 7) is 0.873. The average Bonchev–Trinajstić information content (AvgIpc) is 3.12. The normalized spacial score (nSPS) is 11.6. The third-order valence-corrected chi connectivity index (χ3v) is 3.89. The lowest BCUT2D eigenvalue weighted by Gasteiger charge is -2.11. The summed E-state index contributed by atoms with van der Waals surface area (Å²) in [7, 11) is 1.38. The van der Waals surface area contributed by atoms with Gasteiger partial charge in [0.2, 0.25) is 6.79 Å². The molecular weight excluding hydrogens is 372 g/mol. The number of nitro groups is 1. The van der Waals surface area contributed by atoms with Gasteiger partial charge in [0.25, 0.3) is 5.91 Å². The molecule has 10 heteroatoms. The number of ether oxygens (including phenoxy) is 4. The number of rotatable bonds is 7. The maximum atomic E-state index is 12.3. The predicted octanol–water partition coefficient (Wildman–Crippen LogP) is 2.55. The summed E-state index contributed by atoms with van der Waals surface area (Å²) in [5.74, 6) is 0.125. The van der Waals surface area contributed by atoms with Gasteiger partial charge in [-0.2, -0.15) is 0 Å². The number of carbonyl (C=O) groups excluding carboxylic acids is 2. The van der Waals surface area contributed by atoms with Crippen molar-refractivity contribution in [3.8, 4) is 23.0 Å². The van der Waals surface area contributed by atoms with E-state index in [1.54, 1.807) is 0 Å². The fraction of sp³-hybridized carbons (Fsp3) is 0.222. The Balaban J connectivity index is 1.74. The van der Waals surface area contributed by atoms with E-state index >= 15 is 0 Å². The average molecular weight is 388 g/mol. The van der Waals surface area contributed by atoms with Crippen molar-refractivity contribution in [2.45, 2.75) is 6.92 Å². The first-order chi connectivity index (χ1) is 13.4. The lowest BCUT2D eigenvalue weighted by atomic mass is 10.1. The van der Waals surface area contributed by atoms with Gasteiger partial charge in [0, 0.05) is 11.6 Å². The van der Waals surface area contributed by atoms with Crippen molar-refractivity contribution >= 4 is 23.1 Å². The molecule has 3 rings (SSSR count). The maximum absolute atomic E-state index is 12.3. The third kappa shape index (κ3) is 3.95. The number of fused-ring (bicyclic) bond motifs is 1. The molecule has 146 valence electrons. The number of anilines is 1. The van der Waals surface area contributed by atoms with Crippen LogP contribution in [-0.2, 0) is 4.79 Å². The molecule has 2 aromatic rings. The number of methoxy groups -OCH3 is 1. The first kappa shape index (κ1) is 19.0. The molecule has 0 aliphatic carbocycles. The van der Waals surface area contributed by atoms with E-state index in [1.165, 1.54) is 44.4 Å². The standard InChI is InChI=1S/C18H16N2O8/c1-10(21)12-6-16-17(28-9-27-16)7-13(12)19-18(22)8-26-15-4-3-11(25-2)5-14(15)20(23)24/h3-7H,8-9H2,1-2H3,(H,19,22). The Bertz CT molecular complexity index is 957. The zero-order valence-electron chi connectivity index (χ0n) is 15.0. The molecule has 0 aromatic heterocycles. The molecule has 28 heavy (non-hydrogen) atoms. The van der Waals surface area contributed by atoms with Gasteiger partial charge in [0.1, 0.15) is 5.75 Å². The van der Waals surface area contributed by atoms with Crippen molar-refractivity contribution in [3.63, 3.8) is 0 Å². The molecule has 0 saturated heterocycles. The minimum Gasteiger partial charge on any atom is -0.496 e. The van der Waals surface area contributed by atoms with Crippen LogP contribution in [0.1, 0.15) is 17.3 Å². The number of benzene rings is 2. The van der Waals surface area contributed by atoms with Crippen molar-refractivity contribution in [2.24, 2.45) is 0 Å². The van der Waals surface area contributed by atoms with Crippen LogP contribution in [0.5, 0.6) is 23.0 Å². The number of hydrogen-bond donors (Lipinski definition) is 1. The van der Waals surface area contributed by atoms with E-state index in [0.29, 0.717) is 11.5 Å². The van der Waals surface area contributed by atoms with Crippen LogP contribution >= 0.6 is 0 Å². The monoisotopic (exact) mass is 388 g/mol. The summed E-state index contributed by atoms with van der Waals surface area (Å²) in [6.07, 6.45) is 0. The molecule has 1 aliphatic rings. The molecule has 0 atom stereocenters. The second kappa shape index (κ2) is 7.82. The highest BCUT2D eigenvalue weighted by atomic mass is 16.7. The van der Waals surface area contributed by atoms with Crippen LogP contribution < -0.4 is 24.3 Å². The van der Waals surface area contributed by atoms with E-state index in [1.807, 2.05) is 0 Å². The Kier molecular flexibility index (Phi) is 5.30. The molecule has 0 unspecified atom stereocenters. The van der Waals surface area contributed by atoms with Gasteiger partial charge in [-0.3, -0.25) is 19.7 Å². The number of nitro benzene ring substituents is 1. The van der Waals surface area contributed by atoms with Crippen LogP contribution in [0, 0.1) is 10.1 Å². The minimum atomic E-state index is -0.637. The van der Waals surface area contributed by atoms with Crippen LogP contribution in [0.15, 0.2) is 30.3 Å². The summed E-state index contributed by atoms with van der Waals surface area (Å²) in [5, 5.41) is 13.7. The van der Waals surface area contributed by atoms with Gasteiger partial charge in [-0.1, -0.05) is 0 Å². The van der Waals surface area contributed by atoms with Gasteiger partial charge in [0.15, 0.2) is 29.6 Å². The summed E-state index contributed by atoms with van der Waals surface area (Å²) in [5.41, 5.74) is 0.141. The number of carbonyl (C=O) groups is 2. The molecule has 0 spiro atoms. The molecule has 1 heterocycles. The minimum absolute atomic E-state index is 0.0221. The number of nitrogens with one attached hydrogen (secondary N) is 1. The van der Waals surface area contributed by atoms with Crippen molar-refractivity contribution < 1.29 is 33.5 Å². The molecule has 1 amide bonds. The maximum Gasteiger partial charge on any atom is 0.314 e. The Morgan fingerprint density at radius 1 is 1.21 bits per heavy atom. The lowest BCUT2D eigenvalue weighted by molar-refractivity contribution is -0.385. The van der Waals surface area contributed by atoms with E-state index < -0.39 is 17.4 Å². The Morgan fingerprint density at radius 2 is 1.93 bits per heavy atom. The van der Waals surface area contributed by atoms with Gasteiger partial charge >= 0.3 is 5.69 Å². The molecular formula is C18H16N2O8. The lowest BCUT2D eigenvalue weighted by Crippen LogP contribution is -2.21. The van der Waals surface area contributed by atoms with Gasteiger partial charge in [0.05, 0.1) is 23.8 Å². The van der Waals surface area contributed by atoms with Gasteiger partial charge in [-0.15, -0.1) is 0 Å². The van der Waals surface area contributed by atoms with E-state index in [-0.39, 0.29) is 41.0 Å². The van der Waals surface area contributed by atoms with Crippen molar-refractivity contribution in [2.75, 3.05) is 25.8 Å². The Hall–Kier alpha value is -3.82. The van der Waals surface area contributed by atoms with Crippen molar-refractivity contribution in [1.29, 1.82) is 0 Å². The number of Topliss-reactive ketones (excluding diaryl/α,β-unsaturated/α-hetero) is 1. The Morgan fingerprint density at radius 3 is 2.57 bits per heavy atom. The topological polar surface area (TPSA) is 126 Å². The summed E-state index contributed by atoms with van der Waals surface area (Å²) >= 11 is 0. The van der Waals surface area contributed by atoms with E-state index in [0.717, 1.165) is 0 Å². The van der Waals surface area contributed by atoms with Crippen LogP contribution in [-0.4, -0.2) is 37.1 Å². The first-order valence-corrected chi connectivity index (χ1v) is 8.08. The van der Waals surface area contributed by atoms with Crippen molar-refractivity contribution in [1.82, 2.24) is 0 Å². The van der Waals surface area contributed by atoms with Crippen LogP contribution in [0.2, 0.25) is 0 Å². The number of hydrogen-bond acceptors (Lipinski definition) is 8. The quantitative estimate of drug-likeness (QED) is 0.436. The van der Waals surface area contributed by atoms with Crippen LogP contribution in [0.25, 0.3) is 0 Å². The van der Waals surface area contributed by atoms with E-state index in [9.17, 15) is 19.7 Å². The number of amides is 1. The number of ketones is 1. The summed E-state index contributed by atoms with van der Waals surface area (Å²) < 4.78 is 20.7. The van der Waals surface area contributed by atoms with E-state index in [2.05, 4.69) is 5.32 Å². The van der Waals surface area contributed by atoms with Crippen molar-refractivity contribution in [3.05, 3.63) is 46.0 Å². The zero-order valence-corrected chi connectivity index (χ0v) is 15.0. The molecule has 1 N–H and O–H groups in total. The zero-order chi connectivity index (χ0) is 20.3. The van der Waals surface area contributed by atoms with E-state index in [4.69, 9.17) is 18.9 Å². The molecule has 0 radical (unpaired) electrons. The van der Waals surface area contributed by atoms with Gasteiger partial charge in [-0.25, -0.2) is 0 Å². The Labute approximate surface area is 159 Å². The SMILES string of the molecule is COc1ccc(OCC(=O)Nc2cc3c(cc2C(C)=O)OCO3)c([N+](=O)[O-])c1. The third-order valence-electron chi connectivity index (χ3n) is 3.89. The molecule has 0 bridgehead atoms. The van der Waals surface area contributed by atoms with Crippen LogP contribution in [0.3, 0.4) is 0 Å². The molecule has 0 saturated carbocycles. The summed E-state index contributed by atoms with van der Waals surface area (Å²) in [6, 6.07) is 6.97. The second-order valence-electron chi connectivity index (χ2n) is 5.73. The molecule has 0 fully saturated rings. The second-order valence-corrected chi connectivity index (χ2v) is 5.73. The largest absolute Gasteiger partial charge is 0.496 e. The summed E-state index contributed by atoms with van der Waals surface area (Å²) in [4.78, 5) is 34.6. The fourth-order valence-electron chi connectivity index (χ4n) is 2.56. The fourth-order valence-corrected chi connectivity index (χ4v) is 2.56. The van der Waals surface area contributed by atoms with Gasteiger partial charge in [-0.05, 0) is 25.1 Å². The highest BCUT2D eigenvalue weighted by molar-refractivity contribution is 6.04. The molecule has 1 aliphatic heterocycles. The molecule has 10 nitrogen and oxygen atoms in total.